The highest BCUT2D eigenvalue weighted by atomic mass is 16.5. The molecule has 0 unspecified atom stereocenters. The molecule has 0 aliphatic rings. The molecule has 0 bridgehead atoms. The van der Waals surface area contributed by atoms with E-state index in [4.69, 9.17) is 9.47 Å². The van der Waals surface area contributed by atoms with E-state index in [0.29, 0.717) is 16.9 Å². The van der Waals surface area contributed by atoms with Crippen molar-refractivity contribution in [2.24, 2.45) is 0 Å². The number of benzene rings is 3. The predicted molar refractivity (Wildman–Crippen MR) is 107 cm³/mol. The van der Waals surface area contributed by atoms with E-state index in [9.17, 15) is 9.59 Å². The summed E-state index contributed by atoms with van der Waals surface area (Å²) in [5.41, 5.74) is 3.53. The van der Waals surface area contributed by atoms with Gasteiger partial charge in [-0.3, -0.25) is 4.79 Å². The third kappa shape index (κ3) is 4.20. The second-order valence-corrected chi connectivity index (χ2v) is 6.12. The molecule has 0 radical (unpaired) electrons. The fraction of sp³-hybridized carbons (Fsp3) is 0.130. The number of esters is 1. The Bertz CT molecular complexity index is 983. The largest absolute Gasteiger partial charge is 0.496 e. The fourth-order valence-corrected chi connectivity index (χ4v) is 2.96. The topological polar surface area (TPSA) is 64.6 Å². The maximum atomic E-state index is 12.8. The Hall–Kier alpha value is -3.60. The van der Waals surface area contributed by atoms with Crippen molar-refractivity contribution >= 4 is 11.9 Å². The molecule has 3 rings (SSSR count). The monoisotopic (exact) mass is 375 g/mol. The van der Waals surface area contributed by atoms with Crippen molar-refractivity contribution < 1.29 is 19.1 Å². The van der Waals surface area contributed by atoms with Crippen LogP contribution in [0.15, 0.2) is 72.8 Å². The average Bonchev–Trinajstić information content (AvgIpc) is 2.77. The summed E-state index contributed by atoms with van der Waals surface area (Å²) >= 11 is 0. The number of amides is 1. The molecule has 0 saturated carbocycles. The van der Waals surface area contributed by atoms with Crippen molar-refractivity contribution in [1.29, 1.82) is 0 Å². The maximum Gasteiger partial charge on any atom is 0.341 e. The summed E-state index contributed by atoms with van der Waals surface area (Å²) in [5.74, 6) is -0.245. The van der Waals surface area contributed by atoms with Crippen LogP contribution >= 0.6 is 0 Å². The highest BCUT2D eigenvalue weighted by molar-refractivity contribution is 6.00. The number of hydrogen-bond donors (Lipinski definition) is 1. The first-order valence-electron chi connectivity index (χ1n) is 8.82. The second-order valence-electron chi connectivity index (χ2n) is 6.12. The first-order valence-corrected chi connectivity index (χ1v) is 8.82. The zero-order valence-corrected chi connectivity index (χ0v) is 15.8. The van der Waals surface area contributed by atoms with E-state index in [-0.39, 0.29) is 12.5 Å². The zero-order valence-electron chi connectivity index (χ0n) is 15.8. The minimum absolute atomic E-state index is 0.185. The molecule has 5 nitrogen and oxygen atoms in total. The Morgan fingerprint density at radius 3 is 2.29 bits per heavy atom. The van der Waals surface area contributed by atoms with Gasteiger partial charge in [-0.15, -0.1) is 0 Å². The number of methoxy groups -OCH3 is 2. The lowest BCUT2D eigenvalue weighted by atomic mass is 9.99. The Balaban J connectivity index is 1.80. The molecule has 0 spiro atoms. The van der Waals surface area contributed by atoms with E-state index < -0.39 is 5.97 Å². The summed E-state index contributed by atoms with van der Waals surface area (Å²) in [6, 6.07) is 22.4. The Morgan fingerprint density at radius 1 is 0.857 bits per heavy atom. The van der Waals surface area contributed by atoms with Crippen molar-refractivity contribution in [2.75, 3.05) is 14.2 Å². The summed E-state index contributed by atoms with van der Waals surface area (Å²) in [6.45, 7) is 0.274. The molecule has 0 aromatic heterocycles. The minimum atomic E-state index is -0.487. The molecular weight excluding hydrogens is 354 g/mol. The number of nitrogens with one attached hydrogen (secondary N) is 1. The molecular formula is C23H21NO4. The van der Waals surface area contributed by atoms with Gasteiger partial charge in [0.15, 0.2) is 0 Å². The van der Waals surface area contributed by atoms with Gasteiger partial charge in [0.1, 0.15) is 11.3 Å². The third-order valence-electron chi connectivity index (χ3n) is 4.38. The van der Waals surface area contributed by atoms with Gasteiger partial charge in [-0.25, -0.2) is 4.79 Å². The van der Waals surface area contributed by atoms with Crippen LogP contribution in [0.2, 0.25) is 0 Å². The van der Waals surface area contributed by atoms with Gasteiger partial charge >= 0.3 is 5.97 Å². The molecule has 3 aromatic rings. The molecule has 0 heterocycles. The van der Waals surface area contributed by atoms with Gasteiger partial charge in [-0.2, -0.15) is 0 Å². The van der Waals surface area contributed by atoms with E-state index in [1.165, 1.54) is 14.2 Å². The number of hydrogen-bond acceptors (Lipinski definition) is 4. The van der Waals surface area contributed by atoms with Gasteiger partial charge in [0, 0.05) is 12.1 Å². The molecule has 142 valence electrons. The van der Waals surface area contributed by atoms with Crippen molar-refractivity contribution in [3.8, 4) is 16.9 Å². The minimum Gasteiger partial charge on any atom is -0.496 e. The van der Waals surface area contributed by atoms with Crippen LogP contribution in [0.25, 0.3) is 11.1 Å². The lowest BCUT2D eigenvalue weighted by Crippen LogP contribution is -2.23. The smallest absolute Gasteiger partial charge is 0.341 e. The van der Waals surface area contributed by atoms with E-state index in [1.54, 1.807) is 24.3 Å². The molecule has 0 saturated heterocycles. The molecule has 0 aliphatic carbocycles. The lowest BCUT2D eigenvalue weighted by molar-refractivity contribution is 0.0597. The summed E-state index contributed by atoms with van der Waals surface area (Å²) < 4.78 is 9.98. The molecule has 1 amide bonds. The highest BCUT2D eigenvalue weighted by Crippen LogP contribution is 2.24. The quantitative estimate of drug-likeness (QED) is 0.660. The van der Waals surface area contributed by atoms with E-state index in [0.717, 1.165) is 16.7 Å². The first-order chi connectivity index (χ1) is 13.6. The average molecular weight is 375 g/mol. The maximum absolute atomic E-state index is 12.8. The van der Waals surface area contributed by atoms with Crippen LogP contribution in [0.5, 0.6) is 5.75 Å². The van der Waals surface area contributed by atoms with Gasteiger partial charge < -0.3 is 14.8 Å². The predicted octanol–water partition coefficient (Wildman–Crippen LogP) is 4.08. The number of ether oxygens (including phenoxy) is 2. The molecule has 1 N–H and O–H groups in total. The lowest BCUT2D eigenvalue weighted by Gasteiger charge is -2.12. The van der Waals surface area contributed by atoms with Crippen LogP contribution in [0.3, 0.4) is 0 Å². The van der Waals surface area contributed by atoms with Crippen molar-refractivity contribution in [3.63, 3.8) is 0 Å². The Labute approximate surface area is 163 Å². The van der Waals surface area contributed by atoms with E-state index in [2.05, 4.69) is 5.32 Å². The summed E-state index contributed by atoms with van der Waals surface area (Å²) in [6.07, 6.45) is 0. The number of carbonyl (C=O) groups excluding carboxylic acids is 2. The Kier molecular flexibility index (Phi) is 6.07. The zero-order chi connectivity index (χ0) is 19.9. The van der Waals surface area contributed by atoms with Gasteiger partial charge in [0.25, 0.3) is 5.91 Å². The van der Waals surface area contributed by atoms with Gasteiger partial charge in [0.05, 0.1) is 14.2 Å². The van der Waals surface area contributed by atoms with Crippen LogP contribution in [-0.4, -0.2) is 26.1 Å². The highest BCUT2D eigenvalue weighted by Gasteiger charge is 2.15. The van der Waals surface area contributed by atoms with Gasteiger partial charge in [-0.05, 0) is 34.9 Å². The first kappa shape index (κ1) is 19.2. The van der Waals surface area contributed by atoms with Crippen molar-refractivity contribution in [3.05, 3.63) is 89.5 Å². The third-order valence-corrected chi connectivity index (χ3v) is 4.38. The van der Waals surface area contributed by atoms with Gasteiger partial charge in [-0.1, -0.05) is 54.6 Å². The van der Waals surface area contributed by atoms with Crippen LogP contribution in [0.4, 0.5) is 0 Å². The molecule has 0 aliphatic heterocycles. The van der Waals surface area contributed by atoms with E-state index >= 15 is 0 Å². The molecule has 28 heavy (non-hydrogen) atoms. The normalized spacial score (nSPS) is 10.2. The molecule has 3 aromatic carbocycles. The number of carbonyl (C=O) groups is 2. The fourth-order valence-electron chi connectivity index (χ4n) is 2.96. The number of rotatable bonds is 6. The van der Waals surface area contributed by atoms with Crippen LogP contribution in [0, 0.1) is 0 Å². The summed E-state index contributed by atoms with van der Waals surface area (Å²) in [7, 11) is 2.81. The summed E-state index contributed by atoms with van der Waals surface area (Å²) in [4.78, 5) is 24.7. The standard InChI is InChI=1S/C23H21NO4/c1-27-21-13-12-16(14-20(21)23(26)28-2)15-24-22(25)19-11-7-6-10-18(19)17-8-4-3-5-9-17/h3-14H,15H2,1-2H3,(H,24,25). The van der Waals surface area contributed by atoms with Crippen molar-refractivity contribution in [1.82, 2.24) is 5.32 Å². The second kappa shape index (κ2) is 8.86. The molecule has 0 fully saturated rings. The van der Waals surface area contributed by atoms with Gasteiger partial charge in [0.2, 0.25) is 0 Å². The van der Waals surface area contributed by atoms with E-state index in [1.807, 2.05) is 48.5 Å². The van der Waals surface area contributed by atoms with Crippen LogP contribution in [0.1, 0.15) is 26.3 Å². The summed E-state index contributed by atoms with van der Waals surface area (Å²) in [5, 5.41) is 2.92. The SMILES string of the molecule is COC(=O)c1cc(CNC(=O)c2ccccc2-c2ccccc2)ccc1OC. The molecule has 0 atom stereocenters. The Morgan fingerprint density at radius 2 is 1.57 bits per heavy atom. The van der Waals surface area contributed by atoms with Crippen LogP contribution < -0.4 is 10.1 Å². The van der Waals surface area contributed by atoms with Crippen molar-refractivity contribution in [2.45, 2.75) is 6.54 Å². The molecule has 5 heteroatoms. The van der Waals surface area contributed by atoms with Crippen LogP contribution in [-0.2, 0) is 11.3 Å².